The Morgan fingerprint density at radius 2 is 1.88 bits per heavy atom. The number of ketones is 1. The van der Waals surface area contributed by atoms with Crippen LogP contribution in [0.2, 0.25) is 0 Å². The normalized spacial score (nSPS) is 11.8. The molecule has 134 valence electrons. The Morgan fingerprint density at radius 1 is 1.12 bits per heavy atom. The maximum Gasteiger partial charge on any atom is 0.331 e. The number of halogens is 1. The van der Waals surface area contributed by atoms with Crippen LogP contribution in [0.5, 0.6) is 0 Å². The number of esters is 1. The van der Waals surface area contributed by atoms with Gasteiger partial charge >= 0.3 is 5.97 Å². The van der Waals surface area contributed by atoms with Gasteiger partial charge in [0.15, 0.2) is 5.78 Å². The summed E-state index contributed by atoms with van der Waals surface area (Å²) in [4.78, 5) is 27.5. The summed E-state index contributed by atoms with van der Waals surface area (Å²) in [6, 6.07) is 7.78. The molecular formula is C21H20FNO3. The fourth-order valence-corrected chi connectivity index (χ4v) is 2.05. The minimum atomic E-state index is -0.581. The number of aromatic nitrogens is 1. The minimum absolute atomic E-state index is 0.258. The van der Waals surface area contributed by atoms with Crippen molar-refractivity contribution >= 4 is 23.9 Å². The third kappa shape index (κ3) is 6.09. The van der Waals surface area contributed by atoms with Gasteiger partial charge in [-0.05, 0) is 62.8 Å². The Morgan fingerprint density at radius 3 is 2.50 bits per heavy atom. The lowest BCUT2D eigenvalue weighted by Crippen LogP contribution is -2.22. The first-order chi connectivity index (χ1) is 12.2. The second-order valence-corrected chi connectivity index (χ2v) is 6.59. The van der Waals surface area contributed by atoms with Crippen molar-refractivity contribution in [1.29, 1.82) is 0 Å². The van der Waals surface area contributed by atoms with Crippen LogP contribution in [0.15, 0.2) is 54.9 Å². The largest absolute Gasteiger partial charge is 0.457 e. The molecule has 1 heterocycles. The predicted molar refractivity (Wildman–Crippen MR) is 98.9 cm³/mol. The second-order valence-electron chi connectivity index (χ2n) is 6.59. The average Bonchev–Trinajstić information content (AvgIpc) is 2.58. The topological polar surface area (TPSA) is 56.3 Å². The molecule has 0 N–H and O–H groups in total. The molecule has 0 atom stereocenters. The van der Waals surface area contributed by atoms with E-state index in [1.807, 2.05) is 0 Å². The standard InChI is InChI=1S/C21H20FNO3/c1-21(2,3)26-20(25)11-7-15-6-8-16(18(22)13-15)9-10-19(24)17-5-4-12-23-14-17/h4-14H,1-3H3. The highest BCUT2D eigenvalue weighted by Crippen LogP contribution is 2.15. The van der Waals surface area contributed by atoms with Crippen molar-refractivity contribution in [3.8, 4) is 0 Å². The molecule has 0 aliphatic heterocycles. The molecule has 0 spiro atoms. The van der Waals surface area contributed by atoms with E-state index < -0.39 is 17.4 Å². The Hall–Kier alpha value is -3.08. The zero-order chi connectivity index (χ0) is 19.2. The number of hydrogen-bond donors (Lipinski definition) is 0. The highest BCUT2D eigenvalue weighted by atomic mass is 19.1. The maximum absolute atomic E-state index is 14.2. The average molecular weight is 353 g/mol. The van der Waals surface area contributed by atoms with Crippen molar-refractivity contribution in [2.75, 3.05) is 0 Å². The Bertz CT molecular complexity index is 849. The van der Waals surface area contributed by atoms with Gasteiger partial charge in [-0.25, -0.2) is 9.18 Å². The van der Waals surface area contributed by atoms with Crippen molar-refractivity contribution in [2.45, 2.75) is 26.4 Å². The predicted octanol–water partition coefficient (Wildman–Crippen LogP) is 4.47. The zero-order valence-electron chi connectivity index (χ0n) is 14.9. The van der Waals surface area contributed by atoms with Crippen LogP contribution < -0.4 is 0 Å². The van der Waals surface area contributed by atoms with Gasteiger partial charge in [0.05, 0.1) is 0 Å². The number of pyridine rings is 1. The van der Waals surface area contributed by atoms with Crippen LogP contribution in [0.3, 0.4) is 0 Å². The highest BCUT2D eigenvalue weighted by Gasteiger charge is 2.13. The van der Waals surface area contributed by atoms with Gasteiger partial charge in [0.25, 0.3) is 0 Å². The van der Waals surface area contributed by atoms with E-state index in [4.69, 9.17) is 4.74 Å². The fraction of sp³-hybridized carbons (Fsp3) is 0.190. The fourth-order valence-electron chi connectivity index (χ4n) is 2.05. The zero-order valence-corrected chi connectivity index (χ0v) is 14.9. The molecule has 1 aromatic heterocycles. The summed E-state index contributed by atoms with van der Waals surface area (Å²) in [6.07, 6.45) is 8.46. The van der Waals surface area contributed by atoms with Gasteiger partial charge in [-0.1, -0.05) is 12.1 Å². The summed E-state index contributed by atoms with van der Waals surface area (Å²) in [6.45, 7) is 5.31. The van der Waals surface area contributed by atoms with Crippen LogP contribution in [-0.2, 0) is 9.53 Å². The van der Waals surface area contributed by atoms with E-state index in [1.165, 1.54) is 42.6 Å². The molecule has 0 aliphatic carbocycles. The summed E-state index contributed by atoms with van der Waals surface area (Å²) in [5.41, 5.74) is 0.643. The molecule has 5 heteroatoms. The van der Waals surface area contributed by atoms with Crippen LogP contribution in [0.25, 0.3) is 12.2 Å². The van der Waals surface area contributed by atoms with E-state index in [0.717, 1.165) is 0 Å². The summed E-state index contributed by atoms with van der Waals surface area (Å²) in [5.74, 6) is -1.25. The van der Waals surface area contributed by atoms with Crippen LogP contribution in [0, 0.1) is 5.82 Å². The summed E-state index contributed by atoms with van der Waals surface area (Å²) >= 11 is 0. The first-order valence-electron chi connectivity index (χ1n) is 8.08. The van der Waals surface area contributed by atoms with Gasteiger partial charge in [0.2, 0.25) is 0 Å². The van der Waals surface area contributed by atoms with Crippen molar-refractivity contribution in [2.24, 2.45) is 0 Å². The molecule has 0 amide bonds. The van der Waals surface area contributed by atoms with E-state index in [-0.39, 0.29) is 11.3 Å². The van der Waals surface area contributed by atoms with Gasteiger partial charge < -0.3 is 4.74 Å². The van der Waals surface area contributed by atoms with Crippen molar-refractivity contribution in [1.82, 2.24) is 4.98 Å². The molecule has 4 nitrogen and oxygen atoms in total. The molecule has 2 aromatic rings. The number of benzene rings is 1. The first kappa shape index (κ1) is 19.2. The lowest BCUT2D eigenvalue weighted by atomic mass is 10.1. The SMILES string of the molecule is CC(C)(C)OC(=O)C=Cc1ccc(C=CC(=O)c2cccnc2)c(F)c1. The Labute approximate surface area is 152 Å². The molecule has 1 aromatic carbocycles. The molecule has 0 saturated carbocycles. The van der Waals surface area contributed by atoms with Gasteiger partial charge in [-0.15, -0.1) is 0 Å². The van der Waals surface area contributed by atoms with Crippen LogP contribution >= 0.6 is 0 Å². The first-order valence-corrected chi connectivity index (χ1v) is 8.08. The molecule has 0 fully saturated rings. The van der Waals surface area contributed by atoms with E-state index in [9.17, 15) is 14.0 Å². The lowest BCUT2D eigenvalue weighted by molar-refractivity contribution is -0.148. The van der Waals surface area contributed by atoms with E-state index in [2.05, 4.69) is 4.98 Å². The summed E-state index contributed by atoms with van der Waals surface area (Å²) in [7, 11) is 0. The molecule has 26 heavy (non-hydrogen) atoms. The van der Waals surface area contributed by atoms with Gasteiger partial charge in [-0.3, -0.25) is 9.78 Å². The lowest BCUT2D eigenvalue weighted by Gasteiger charge is -2.17. The number of ether oxygens (including phenoxy) is 1. The number of allylic oxidation sites excluding steroid dienone is 1. The quantitative estimate of drug-likeness (QED) is 0.452. The smallest absolute Gasteiger partial charge is 0.331 e. The molecule has 2 rings (SSSR count). The molecule has 0 radical (unpaired) electrons. The highest BCUT2D eigenvalue weighted by molar-refractivity contribution is 6.06. The van der Waals surface area contributed by atoms with Crippen molar-refractivity contribution < 1.29 is 18.7 Å². The van der Waals surface area contributed by atoms with Gasteiger partial charge in [-0.2, -0.15) is 0 Å². The third-order valence-corrected chi connectivity index (χ3v) is 3.20. The summed E-state index contributed by atoms with van der Waals surface area (Å²) in [5, 5.41) is 0. The molecular weight excluding hydrogens is 333 g/mol. The molecule has 0 unspecified atom stereocenters. The number of carbonyl (C=O) groups is 2. The number of hydrogen-bond acceptors (Lipinski definition) is 4. The molecule has 0 aliphatic rings. The second kappa shape index (κ2) is 8.34. The van der Waals surface area contributed by atoms with Crippen LogP contribution in [0.1, 0.15) is 42.3 Å². The Kier molecular flexibility index (Phi) is 6.17. The molecule has 0 saturated heterocycles. The number of rotatable bonds is 5. The van der Waals surface area contributed by atoms with E-state index in [0.29, 0.717) is 11.1 Å². The Balaban J connectivity index is 2.06. The number of carbonyl (C=O) groups excluding carboxylic acids is 2. The number of nitrogens with zero attached hydrogens (tertiary/aromatic N) is 1. The van der Waals surface area contributed by atoms with Gasteiger partial charge in [0.1, 0.15) is 11.4 Å². The van der Waals surface area contributed by atoms with Crippen LogP contribution in [-0.4, -0.2) is 22.3 Å². The van der Waals surface area contributed by atoms with E-state index >= 15 is 0 Å². The summed E-state index contributed by atoms with van der Waals surface area (Å²) < 4.78 is 19.3. The van der Waals surface area contributed by atoms with Crippen molar-refractivity contribution in [3.05, 3.63) is 77.4 Å². The molecule has 0 bridgehead atoms. The van der Waals surface area contributed by atoms with E-state index in [1.54, 1.807) is 45.2 Å². The monoisotopic (exact) mass is 353 g/mol. The van der Waals surface area contributed by atoms with Gasteiger partial charge in [0, 0.05) is 29.6 Å². The van der Waals surface area contributed by atoms with Crippen molar-refractivity contribution in [3.63, 3.8) is 0 Å². The third-order valence-electron chi connectivity index (χ3n) is 3.20. The maximum atomic E-state index is 14.2. The van der Waals surface area contributed by atoms with Crippen LogP contribution in [0.4, 0.5) is 4.39 Å². The minimum Gasteiger partial charge on any atom is -0.457 e.